The van der Waals surface area contributed by atoms with Gasteiger partial charge in [0.25, 0.3) is 11.6 Å². The number of ether oxygens (including phenoxy) is 1. The standard InChI is InChI=1S/C13H16N2O6/c1-3-11(13(17)18)14(2)12(16)8-21-10-6-4-9(5-7-10)15(19)20/h4-7,11H,3,8H2,1-2H3,(H,17,18). The number of carbonyl (C=O) groups excluding carboxylic acids is 1. The van der Waals surface area contributed by atoms with Crippen molar-refractivity contribution in [2.45, 2.75) is 19.4 Å². The van der Waals surface area contributed by atoms with Crippen molar-refractivity contribution >= 4 is 17.6 Å². The van der Waals surface area contributed by atoms with Gasteiger partial charge >= 0.3 is 5.97 Å². The Morgan fingerprint density at radius 3 is 2.38 bits per heavy atom. The zero-order valence-corrected chi connectivity index (χ0v) is 11.7. The third-order valence-electron chi connectivity index (χ3n) is 2.94. The molecule has 114 valence electrons. The number of nitrogens with zero attached hydrogens (tertiary/aromatic N) is 2. The van der Waals surface area contributed by atoms with Gasteiger partial charge in [0.05, 0.1) is 4.92 Å². The lowest BCUT2D eigenvalue weighted by molar-refractivity contribution is -0.384. The minimum atomic E-state index is -1.08. The maximum absolute atomic E-state index is 11.8. The third-order valence-corrected chi connectivity index (χ3v) is 2.94. The Morgan fingerprint density at radius 1 is 1.38 bits per heavy atom. The van der Waals surface area contributed by atoms with E-state index in [0.29, 0.717) is 5.75 Å². The third kappa shape index (κ3) is 4.44. The van der Waals surface area contributed by atoms with Crippen LogP contribution in [0.5, 0.6) is 5.75 Å². The number of benzene rings is 1. The first-order valence-electron chi connectivity index (χ1n) is 6.22. The van der Waals surface area contributed by atoms with Gasteiger partial charge in [0.2, 0.25) is 0 Å². The Labute approximate surface area is 121 Å². The van der Waals surface area contributed by atoms with Crippen molar-refractivity contribution in [3.63, 3.8) is 0 Å². The van der Waals surface area contributed by atoms with E-state index in [9.17, 15) is 19.7 Å². The van der Waals surface area contributed by atoms with Crippen LogP contribution >= 0.6 is 0 Å². The summed E-state index contributed by atoms with van der Waals surface area (Å²) in [5.41, 5.74) is -0.0808. The van der Waals surface area contributed by atoms with Crippen LogP contribution in [0.4, 0.5) is 5.69 Å². The fourth-order valence-electron chi connectivity index (χ4n) is 1.70. The average molecular weight is 296 g/mol. The second-order valence-corrected chi connectivity index (χ2v) is 4.31. The molecular weight excluding hydrogens is 280 g/mol. The van der Waals surface area contributed by atoms with Crippen LogP contribution in [0.1, 0.15) is 13.3 Å². The highest BCUT2D eigenvalue weighted by Crippen LogP contribution is 2.17. The van der Waals surface area contributed by atoms with Crippen molar-refractivity contribution in [3.8, 4) is 5.75 Å². The summed E-state index contributed by atoms with van der Waals surface area (Å²) in [4.78, 5) is 33.8. The van der Waals surface area contributed by atoms with Crippen LogP contribution in [-0.2, 0) is 9.59 Å². The summed E-state index contributed by atoms with van der Waals surface area (Å²) in [6, 6.07) is 4.36. The number of amides is 1. The summed E-state index contributed by atoms with van der Waals surface area (Å²) in [5.74, 6) is -1.27. The molecule has 8 heteroatoms. The molecule has 0 bridgehead atoms. The van der Waals surface area contributed by atoms with Gasteiger partial charge in [0, 0.05) is 19.2 Å². The number of nitro benzene ring substituents is 1. The Kier molecular flexibility index (Phi) is 5.65. The topological polar surface area (TPSA) is 110 Å². The van der Waals surface area contributed by atoms with E-state index in [1.54, 1.807) is 6.92 Å². The number of aliphatic carboxylic acids is 1. The fourth-order valence-corrected chi connectivity index (χ4v) is 1.70. The molecule has 0 aliphatic carbocycles. The Balaban J connectivity index is 2.60. The quantitative estimate of drug-likeness (QED) is 0.599. The van der Waals surface area contributed by atoms with E-state index in [1.807, 2.05) is 0 Å². The number of non-ortho nitro benzene ring substituents is 1. The molecule has 0 spiro atoms. The number of carboxylic acids is 1. The molecule has 1 aromatic rings. The molecule has 8 nitrogen and oxygen atoms in total. The summed E-state index contributed by atoms with van der Waals surface area (Å²) in [5, 5.41) is 19.4. The van der Waals surface area contributed by atoms with Crippen molar-refractivity contribution < 1.29 is 24.4 Å². The second-order valence-electron chi connectivity index (χ2n) is 4.31. The molecular formula is C13H16N2O6. The van der Waals surface area contributed by atoms with E-state index in [1.165, 1.54) is 31.3 Å². The van der Waals surface area contributed by atoms with Crippen LogP contribution in [-0.4, -0.2) is 46.5 Å². The van der Waals surface area contributed by atoms with Gasteiger partial charge in [-0.05, 0) is 18.6 Å². The second kappa shape index (κ2) is 7.22. The van der Waals surface area contributed by atoms with E-state index < -0.39 is 22.8 Å². The van der Waals surface area contributed by atoms with Crippen molar-refractivity contribution in [1.29, 1.82) is 0 Å². The zero-order chi connectivity index (χ0) is 16.0. The summed E-state index contributed by atoms with van der Waals surface area (Å²) in [6.07, 6.45) is 0.287. The number of rotatable bonds is 7. The largest absolute Gasteiger partial charge is 0.484 e. The molecule has 0 heterocycles. The smallest absolute Gasteiger partial charge is 0.326 e. The lowest BCUT2D eigenvalue weighted by Gasteiger charge is -2.23. The van der Waals surface area contributed by atoms with Crippen LogP contribution in [0.25, 0.3) is 0 Å². The molecule has 1 amide bonds. The van der Waals surface area contributed by atoms with E-state index in [4.69, 9.17) is 9.84 Å². The van der Waals surface area contributed by atoms with E-state index >= 15 is 0 Å². The minimum absolute atomic E-state index is 0.0808. The van der Waals surface area contributed by atoms with Crippen molar-refractivity contribution in [1.82, 2.24) is 4.90 Å². The number of hydrogen-bond acceptors (Lipinski definition) is 5. The van der Waals surface area contributed by atoms with Crippen molar-refractivity contribution in [2.75, 3.05) is 13.7 Å². The van der Waals surface area contributed by atoms with Gasteiger partial charge in [-0.3, -0.25) is 14.9 Å². The first-order chi connectivity index (χ1) is 9.86. The predicted molar refractivity (Wildman–Crippen MR) is 73.1 cm³/mol. The van der Waals surface area contributed by atoms with Crippen molar-refractivity contribution in [3.05, 3.63) is 34.4 Å². The van der Waals surface area contributed by atoms with Crippen molar-refractivity contribution in [2.24, 2.45) is 0 Å². The van der Waals surface area contributed by atoms with Crippen LogP contribution in [0.3, 0.4) is 0 Å². The first kappa shape index (κ1) is 16.4. The lowest BCUT2D eigenvalue weighted by atomic mass is 10.2. The molecule has 0 saturated carbocycles. The molecule has 0 aromatic heterocycles. The lowest BCUT2D eigenvalue weighted by Crippen LogP contribution is -2.44. The highest BCUT2D eigenvalue weighted by Gasteiger charge is 2.24. The van der Waals surface area contributed by atoms with E-state index in [2.05, 4.69) is 0 Å². The summed E-state index contributed by atoms with van der Waals surface area (Å²) >= 11 is 0. The van der Waals surface area contributed by atoms with Gasteiger partial charge in [-0.15, -0.1) is 0 Å². The molecule has 0 aliphatic heterocycles. The average Bonchev–Trinajstić information content (AvgIpc) is 2.45. The normalized spacial score (nSPS) is 11.5. The molecule has 0 fully saturated rings. The SMILES string of the molecule is CCC(C(=O)O)N(C)C(=O)COc1ccc([N+](=O)[O-])cc1. The molecule has 1 N–H and O–H groups in total. The molecule has 1 unspecified atom stereocenters. The van der Waals surface area contributed by atoms with Gasteiger partial charge in [0.1, 0.15) is 11.8 Å². The molecule has 1 atom stereocenters. The summed E-state index contributed by atoms with van der Waals surface area (Å²) in [6.45, 7) is 1.33. The van der Waals surface area contributed by atoms with Gasteiger partial charge in [-0.1, -0.05) is 6.92 Å². The van der Waals surface area contributed by atoms with Gasteiger partial charge < -0.3 is 14.7 Å². The zero-order valence-electron chi connectivity index (χ0n) is 11.7. The molecule has 0 aliphatic rings. The fraction of sp³-hybridized carbons (Fsp3) is 0.385. The first-order valence-corrected chi connectivity index (χ1v) is 6.22. The van der Waals surface area contributed by atoms with Gasteiger partial charge in [0.15, 0.2) is 6.61 Å². The van der Waals surface area contributed by atoms with Crippen LogP contribution in [0.15, 0.2) is 24.3 Å². The Bertz CT molecular complexity index is 528. The Morgan fingerprint density at radius 2 is 1.95 bits per heavy atom. The monoisotopic (exact) mass is 296 g/mol. The minimum Gasteiger partial charge on any atom is -0.484 e. The predicted octanol–water partition coefficient (Wildman–Crippen LogP) is 1.30. The van der Waals surface area contributed by atoms with Crippen LogP contribution in [0, 0.1) is 10.1 Å². The molecule has 0 radical (unpaired) electrons. The molecule has 21 heavy (non-hydrogen) atoms. The number of carboxylic acid groups (broad SMARTS) is 1. The van der Waals surface area contributed by atoms with Gasteiger partial charge in [-0.25, -0.2) is 4.79 Å². The summed E-state index contributed by atoms with van der Waals surface area (Å²) < 4.78 is 5.19. The highest BCUT2D eigenvalue weighted by molar-refractivity contribution is 5.84. The molecule has 0 saturated heterocycles. The van der Waals surface area contributed by atoms with Crippen LogP contribution < -0.4 is 4.74 Å². The summed E-state index contributed by atoms with van der Waals surface area (Å²) in [7, 11) is 1.39. The van der Waals surface area contributed by atoms with E-state index in [-0.39, 0.29) is 18.7 Å². The highest BCUT2D eigenvalue weighted by atomic mass is 16.6. The Hall–Kier alpha value is -2.64. The number of nitro groups is 1. The number of hydrogen-bond donors (Lipinski definition) is 1. The number of likely N-dealkylation sites (N-methyl/N-ethyl adjacent to an activating group) is 1. The maximum atomic E-state index is 11.8. The van der Waals surface area contributed by atoms with E-state index in [0.717, 1.165) is 4.90 Å². The number of carbonyl (C=O) groups is 2. The molecule has 1 aromatic carbocycles. The van der Waals surface area contributed by atoms with Crippen LogP contribution in [0.2, 0.25) is 0 Å². The van der Waals surface area contributed by atoms with Gasteiger partial charge in [-0.2, -0.15) is 0 Å². The maximum Gasteiger partial charge on any atom is 0.326 e. The molecule has 1 rings (SSSR count).